The van der Waals surface area contributed by atoms with Gasteiger partial charge in [0.05, 0.1) is 36.9 Å². The van der Waals surface area contributed by atoms with Crippen molar-refractivity contribution < 1.29 is 9.53 Å². The highest BCUT2D eigenvalue weighted by Gasteiger charge is 2.19. The average Bonchev–Trinajstić information content (AvgIpc) is 3.42. The van der Waals surface area contributed by atoms with Gasteiger partial charge in [-0.15, -0.1) is 0 Å². The number of pyridine rings is 2. The number of hydrogen-bond donors (Lipinski definition) is 0. The van der Waals surface area contributed by atoms with Crippen LogP contribution in [0.5, 0.6) is 5.75 Å². The lowest BCUT2D eigenvalue weighted by Crippen LogP contribution is -2.34. The third kappa shape index (κ3) is 4.05. The van der Waals surface area contributed by atoms with Gasteiger partial charge in [0.2, 0.25) is 0 Å². The van der Waals surface area contributed by atoms with Crippen LogP contribution in [0.3, 0.4) is 0 Å². The topological polar surface area (TPSA) is 64.1 Å². The fraction of sp³-hybridized carbons (Fsp3) is 0.160. The molecule has 7 heteroatoms. The van der Waals surface area contributed by atoms with Crippen LogP contribution in [0.2, 0.25) is 0 Å². The number of imidazole rings is 2. The molecule has 32 heavy (non-hydrogen) atoms. The average molecular weight is 425 g/mol. The first kappa shape index (κ1) is 19.8. The number of fused-ring (bicyclic) bond motifs is 2. The summed E-state index contributed by atoms with van der Waals surface area (Å²) in [7, 11) is 0. The summed E-state index contributed by atoms with van der Waals surface area (Å²) in [6.45, 7) is 2.78. The predicted molar refractivity (Wildman–Crippen MR) is 121 cm³/mol. The van der Waals surface area contributed by atoms with Crippen LogP contribution in [0.4, 0.5) is 0 Å². The van der Waals surface area contributed by atoms with E-state index in [1.54, 1.807) is 4.90 Å². The maximum atomic E-state index is 13.2. The van der Waals surface area contributed by atoms with Crippen molar-refractivity contribution in [2.75, 3.05) is 6.61 Å². The third-order valence-electron chi connectivity index (χ3n) is 5.43. The lowest BCUT2D eigenvalue weighted by atomic mass is 10.2. The molecule has 4 aromatic heterocycles. The molecule has 0 N–H and O–H groups in total. The van der Waals surface area contributed by atoms with Crippen LogP contribution in [0.15, 0.2) is 85.5 Å². The zero-order valence-corrected chi connectivity index (χ0v) is 17.8. The second-order valence-corrected chi connectivity index (χ2v) is 7.71. The summed E-state index contributed by atoms with van der Waals surface area (Å²) < 4.78 is 9.77. The van der Waals surface area contributed by atoms with E-state index in [0.717, 1.165) is 28.2 Å². The number of aromatic nitrogens is 4. The maximum Gasteiger partial charge on any atom is 0.261 e. The Morgan fingerprint density at radius 1 is 0.844 bits per heavy atom. The Balaban J connectivity index is 1.40. The summed E-state index contributed by atoms with van der Waals surface area (Å²) in [5.41, 5.74) is 4.70. The SMILES string of the molecule is Cc1ccc(OCC(=O)N(Cc2cnc3ccccn23)Cc2cnc3ccccn23)cc1. The van der Waals surface area contributed by atoms with Gasteiger partial charge in [0.25, 0.3) is 5.91 Å². The molecule has 4 heterocycles. The second-order valence-electron chi connectivity index (χ2n) is 7.71. The molecule has 1 amide bonds. The Morgan fingerprint density at radius 2 is 1.41 bits per heavy atom. The fourth-order valence-electron chi connectivity index (χ4n) is 3.70. The molecule has 0 unspecified atom stereocenters. The van der Waals surface area contributed by atoms with Crippen LogP contribution in [0.1, 0.15) is 17.0 Å². The summed E-state index contributed by atoms with van der Waals surface area (Å²) in [4.78, 5) is 23.9. The lowest BCUT2D eigenvalue weighted by Gasteiger charge is -2.22. The van der Waals surface area contributed by atoms with E-state index in [1.807, 2.05) is 101 Å². The van der Waals surface area contributed by atoms with Crippen LogP contribution in [0.25, 0.3) is 11.3 Å². The first-order valence-corrected chi connectivity index (χ1v) is 10.5. The lowest BCUT2D eigenvalue weighted by molar-refractivity contribution is -0.134. The molecule has 5 aromatic rings. The van der Waals surface area contributed by atoms with Gasteiger partial charge in [-0.2, -0.15) is 0 Å². The van der Waals surface area contributed by atoms with Crippen molar-refractivity contribution in [3.63, 3.8) is 0 Å². The first-order valence-electron chi connectivity index (χ1n) is 10.5. The van der Waals surface area contributed by atoms with Crippen molar-refractivity contribution in [1.29, 1.82) is 0 Å². The number of benzene rings is 1. The fourth-order valence-corrected chi connectivity index (χ4v) is 3.70. The number of carbonyl (C=O) groups is 1. The van der Waals surface area contributed by atoms with Crippen molar-refractivity contribution in [2.24, 2.45) is 0 Å². The smallest absolute Gasteiger partial charge is 0.261 e. The molecule has 0 fully saturated rings. The first-order chi connectivity index (χ1) is 15.7. The van der Waals surface area contributed by atoms with Crippen LogP contribution in [-0.2, 0) is 17.9 Å². The zero-order valence-electron chi connectivity index (χ0n) is 17.8. The molecule has 0 radical (unpaired) electrons. The third-order valence-corrected chi connectivity index (χ3v) is 5.43. The van der Waals surface area contributed by atoms with Gasteiger partial charge in [0, 0.05) is 12.4 Å². The monoisotopic (exact) mass is 425 g/mol. The van der Waals surface area contributed by atoms with Gasteiger partial charge in [-0.1, -0.05) is 29.8 Å². The van der Waals surface area contributed by atoms with Crippen molar-refractivity contribution in [3.05, 3.63) is 102 Å². The Morgan fingerprint density at radius 3 is 1.97 bits per heavy atom. The maximum absolute atomic E-state index is 13.2. The molecule has 0 spiro atoms. The van der Waals surface area contributed by atoms with Crippen LogP contribution >= 0.6 is 0 Å². The van der Waals surface area contributed by atoms with Crippen molar-refractivity contribution in [1.82, 2.24) is 23.7 Å². The minimum atomic E-state index is -0.109. The largest absolute Gasteiger partial charge is 0.484 e. The Hall–Kier alpha value is -4.13. The molecule has 0 aliphatic rings. The van der Waals surface area contributed by atoms with Crippen LogP contribution < -0.4 is 4.74 Å². The normalized spacial score (nSPS) is 11.2. The Labute approximate surface area is 185 Å². The van der Waals surface area contributed by atoms with E-state index in [9.17, 15) is 4.79 Å². The summed E-state index contributed by atoms with van der Waals surface area (Å²) in [6, 6.07) is 19.4. The quantitative estimate of drug-likeness (QED) is 0.397. The van der Waals surface area contributed by atoms with E-state index in [-0.39, 0.29) is 12.5 Å². The van der Waals surface area contributed by atoms with Gasteiger partial charge < -0.3 is 18.4 Å². The molecule has 0 saturated heterocycles. The summed E-state index contributed by atoms with van der Waals surface area (Å²) in [5.74, 6) is 0.566. The summed E-state index contributed by atoms with van der Waals surface area (Å²) >= 11 is 0. The molecule has 1 aromatic carbocycles. The molecule has 5 rings (SSSR count). The van der Waals surface area contributed by atoms with E-state index in [2.05, 4.69) is 9.97 Å². The van der Waals surface area contributed by atoms with E-state index in [1.165, 1.54) is 0 Å². The van der Waals surface area contributed by atoms with Gasteiger partial charge in [-0.3, -0.25) is 4.79 Å². The van der Waals surface area contributed by atoms with Crippen molar-refractivity contribution >= 4 is 17.2 Å². The second kappa shape index (κ2) is 8.55. The minimum Gasteiger partial charge on any atom is -0.484 e. The molecule has 7 nitrogen and oxygen atoms in total. The number of ether oxygens (including phenoxy) is 1. The van der Waals surface area contributed by atoms with E-state index in [4.69, 9.17) is 4.74 Å². The van der Waals surface area contributed by atoms with Gasteiger partial charge in [0.1, 0.15) is 17.0 Å². The number of nitrogens with zero attached hydrogens (tertiary/aromatic N) is 5. The van der Waals surface area contributed by atoms with Crippen molar-refractivity contribution in [3.8, 4) is 5.75 Å². The van der Waals surface area contributed by atoms with Crippen LogP contribution in [-0.4, -0.2) is 36.2 Å². The molecule has 0 aliphatic heterocycles. The van der Waals surface area contributed by atoms with Gasteiger partial charge in [0.15, 0.2) is 6.61 Å². The number of rotatable bonds is 7. The number of hydrogen-bond acceptors (Lipinski definition) is 4. The van der Waals surface area contributed by atoms with E-state index < -0.39 is 0 Å². The minimum absolute atomic E-state index is 0.0451. The summed E-state index contributed by atoms with van der Waals surface area (Å²) in [5, 5.41) is 0. The predicted octanol–water partition coefficient (Wildman–Crippen LogP) is 3.90. The Kier molecular flexibility index (Phi) is 5.29. The summed E-state index contributed by atoms with van der Waals surface area (Å²) in [6.07, 6.45) is 7.53. The van der Waals surface area contributed by atoms with Gasteiger partial charge >= 0.3 is 0 Å². The zero-order chi connectivity index (χ0) is 21.9. The van der Waals surface area contributed by atoms with E-state index in [0.29, 0.717) is 18.8 Å². The van der Waals surface area contributed by atoms with Gasteiger partial charge in [-0.25, -0.2) is 9.97 Å². The molecule has 0 bridgehead atoms. The van der Waals surface area contributed by atoms with Crippen molar-refractivity contribution in [2.45, 2.75) is 20.0 Å². The molecule has 160 valence electrons. The molecule has 0 atom stereocenters. The number of carbonyl (C=O) groups excluding carboxylic acids is 1. The number of amides is 1. The molecule has 0 saturated carbocycles. The number of aryl methyl sites for hydroxylation is 1. The highest BCUT2D eigenvalue weighted by Crippen LogP contribution is 2.16. The molecular weight excluding hydrogens is 402 g/mol. The van der Waals surface area contributed by atoms with E-state index >= 15 is 0 Å². The molecular formula is C25H23N5O2. The van der Waals surface area contributed by atoms with Crippen LogP contribution in [0, 0.1) is 6.92 Å². The highest BCUT2D eigenvalue weighted by atomic mass is 16.5. The molecule has 0 aliphatic carbocycles. The Bertz CT molecular complexity index is 1290. The highest BCUT2D eigenvalue weighted by molar-refractivity contribution is 5.77. The van der Waals surface area contributed by atoms with Gasteiger partial charge in [-0.05, 0) is 43.3 Å². The standard InChI is InChI=1S/C25H23N5O2/c1-19-8-10-22(11-9-19)32-18-25(31)28(16-20-14-26-23-6-2-4-12-29(20)23)17-21-15-27-24-7-3-5-13-30(21)24/h2-15H,16-18H2,1H3.